The van der Waals surface area contributed by atoms with Gasteiger partial charge in [0, 0.05) is 33.5 Å². The molecule has 164 valence electrons. The number of unbranched alkanes of at least 4 members (excludes halogenated alkanes) is 1. The van der Waals surface area contributed by atoms with Crippen LogP contribution >= 0.6 is 15.9 Å². The highest BCUT2D eigenvalue weighted by atomic mass is 79.9. The van der Waals surface area contributed by atoms with Gasteiger partial charge in [-0.15, -0.1) is 0 Å². The second-order valence-electron chi connectivity index (χ2n) is 8.10. The molecule has 0 radical (unpaired) electrons. The van der Waals surface area contributed by atoms with Crippen LogP contribution in [0.1, 0.15) is 48.1 Å². The molecule has 0 unspecified atom stereocenters. The number of aromatic nitrogens is 3. The van der Waals surface area contributed by atoms with Crippen molar-refractivity contribution in [2.24, 2.45) is 5.10 Å². The lowest BCUT2D eigenvalue weighted by atomic mass is 10.2. The van der Waals surface area contributed by atoms with Gasteiger partial charge in [-0.3, -0.25) is 4.79 Å². The summed E-state index contributed by atoms with van der Waals surface area (Å²) >= 11 is 3.46. The smallest absolute Gasteiger partial charge is 0.282 e. The molecule has 0 saturated heterocycles. The molecular formula is C26H27BrN4O. The molecule has 0 amide bonds. The van der Waals surface area contributed by atoms with Crippen LogP contribution in [0.4, 0.5) is 0 Å². The van der Waals surface area contributed by atoms with Crippen molar-refractivity contribution in [2.45, 2.75) is 47.0 Å². The number of hydrogen-bond acceptors (Lipinski definition) is 3. The maximum absolute atomic E-state index is 13.3. The summed E-state index contributed by atoms with van der Waals surface area (Å²) < 4.78 is 4.54. The zero-order chi connectivity index (χ0) is 22.8. The van der Waals surface area contributed by atoms with Gasteiger partial charge in [0.05, 0.1) is 17.1 Å². The molecule has 4 rings (SSSR count). The zero-order valence-electron chi connectivity index (χ0n) is 18.9. The van der Waals surface area contributed by atoms with Crippen LogP contribution in [0.2, 0.25) is 0 Å². The van der Waals surface area contributed by atoms with Gasteiger partial charge in [0.25, 0.3) is 5.56 Å². The molecule has 6 heteroatoms. The average molecular weight is 491 g/mol. The number of fused-ring (bicyclic) bond motifs is 1. The van der Waals surface area contributed by atoms with E-state index >= 15 is 0 Å². The van der Waals surface area contributed by atoms with Crippen LogP contribution in [0.5, 0.6) is 0 Å². The lowest BCUT2D eigenvalue weighted by Crippen LogP contribution is -2.22. The van der Waals surface area contributed by atoms with Crippen LogP contribution in [-0.2, 0) is 6.42 Å². The van der Waals surface area contributed by atoms with Crippen LogP contribution in [0, 0.1) is 20.8 Å². The number of aryl methyl sites for hydroxylation is 3. The van der Waals surface area contributed by atoms with E-state index in [0.29, 0.717) is 23.1 Å². The first-order chi connectivity index (χ1) is 15.4. The Morgan fingerprint density at radius 3 is 2.62 bits per heavy atom. The van der Waals surface area contributed by atoms with Gasteiger partial charge in [-0.05, 0) is 63.1 Å². The number of halogens is 1. The Morgan fingerprint density at radius 1 is 1.09 bits per heavy atom. The Labute approximate surface area is 196 Å². The van der Waals surface area contributed by atoms with Gasteiger partial charge in [0.15, 0.2) is 0 Å². The normalized spacial score (nSPS) is 11.7. The standard InChI is InChI=1S/C26H27BrN4O/c1-5-6-11-25-29-23-13-12-21(27)15-22(23)26(32)31(25)28-16-20-14-18(3)30(19(20)4)24-10-8-7-9-17(24)2/h7-10,12-16H,5-6,11H2,1-4H3. The van der Waals surface area contributed by atoms with Crippen molar-refractivity contribution in [1.29, 1.82) is 0 Å². The Hall–Kier alpha value is -2.99. The zero-order valence-corrected chi connectivity index (χ0v) is 20.5. The fourth-order valence-electron chi connectivity index (χ4n) is 4.03. The van der Waals surface area contributed by atoms with Crippen molar-refractivity contribution in [3.8, 4) is 5.69 Å². The third-order valence-electron chi connectivity index (χ3n) is 5.77. The second-order valence-corrected chi connectivity index (χ2v) is 9.02. The van der Waals surface area contributed by atoms with Gasteiger partial charge in [-0.2, -0.15) is 9.78 Å². The van der Waals surface area contributed by atoms with E-state index in [1.807, 2.05) is 30.3 Å². The summed E-state index contributed by atoms with van der Waals surface area (Å²) in [5.41, 5.74) is 6.10. The van der Waals surface area contributed by atoms with Crippen molar-refractivity contribution in [1.82, 2.24) is 14.2 Å². The highest BCUT2D eigenvalue weighted by Gasteiger charge is 2.13. The van der Waals surface area contributed by atoms with Crippen molar-refractivity contribution in [3.05, 3.63) is 91.7 Å². The fourth-order valence-corrected chi connectivity index (χ4v) is 4.39. The maximum atomic E-state index is 13.3. The molecular weight excluding hydrogens is 464 g/mol. The first kappa shape index (κ1) is 22.2. The molecule has 0 bridgehead atoms. The third-order valence-corrected chi connectivity index (χ3v) is 6.26. The first-order valence-corrected chi connectivity index (χ1v) is 11.7. The molecule has 0 aliphatic heterocycles. The van der Waals surface area contributed by atoms with Gasteiger partial charge in [0.1, 0.15) is 5.82 Å². The van der Waals surface area contributed by atoms with E-state index in [2.05, 4.69) is 71.5 Å². The Bertz CT molecular complexity index is 1380. The van der Waals surface area contributed by atoms with Crippen molar-refractivity contribution in [2.75, 3.05) is 0 Å². The first-order valence-electron chi connectivity index (χ1n) is 10.9. The molecule has 2 aromatic heterocycles. The summed E-state index contributed by atoms with van der Waals surface area (Å²) in [6.07, 6.45) is 4.46. The van der Waals surface area contributed by atoms with E-state index < -0.39 is 0 Å². The molecule has 0 N–H and O–H groups in total. The van der Waals surface area contributed by atoms with Crippen molar-refractivity contribution >= 4 is 33.0 Å². The predicted octanol–water partition coefficient (Wildman–Crippen LogP) is 6.10. The van der Waals surface area contributed by atoms with Crippen molar-refractivity contribution < 1.29 is 0 Å². The highest BCUT2D eigenvalue weighted by molar-refractivity contribution is 9.10. The van der Waals surface area contributed by atoms with Crippen molar-refractivity contribution in [3.63, 3.8) is 0 Å². The summed E-state index contributed by atoms with van der Waals surface area (Å²) in [6.45, 7) is 8.41. The Morgan fingerprint density at radius 2 is 1.88 bits per heavy atom. The Kier molecular flexibility index (Phi) is 6.42. The second kappa shape index (κ2) is 9.25. The predicted molar refractivity (Wildman–Crippen MR) is 135 cm³/mol. The summed E-state index contributed by atoms with van der Waals surface area (Å²) in [5.74, 6) is 0.690. The molecule has 5 nitrogen and oxygen atoms in total. The van der Waals surface area contributed by atoms with E-state index in [4.69, 9.17) is 4.98 Å². The SMILES string of the molecule is CCCCc1nc2ccc(Br)cc2c(=O)n1N=Cc1cc(C)n(-c2ccccc2C)c1C. The topological polar surface area (TPSA) is 52.2 Å². The number of rotatable bonds is 6. The minimum absolute atomic E-state index is 0.147. The largest absolute Gasteiger partial charge is 0.318 e. The Balaban J connectivity index is 1.82. The van der Waals surface area contributed by atoms with E-state index in [0.717, 1.165) is 40.0 Å². The molecule has 2 aromatic carbocycles. The average Bonchev–Trinajstić information content (AvgIpc) is 3.05. The fraction of sp³-hybridized carbons (Fsp3) is 0.269. The van der Waals surface area contributed by atoms with Gasteiger partial charge in [-0.1, -0.05) is 47.5 Å². The van der Waals surface area contributed by atoms with Gasteiger partial charge in [-0.25, -0.2) is 4.98 Å². The maximum Gasteiger partial charge on any atom is 0.282 e. The van der Waals surface area contributed by atoms with Gasteiger partial charge < -0.3 is 4.57 Å². The van der Waals surface area contributed by atoms with E-state index in [-0.39, 0.29) is 5.56 Å². The monoisotopic (exact) mass is 490 g/mol. The van der Waals surface area contributed by atoms with Gasteiger partial charge in [0.2, 0.25) is 0 Å². The van der Waals surface area contributed by atoms with E-state index in [9.17, 15) is 4.79 Å². The summed E-state index contributed by atoms with van der Waals surface area (Å²) in [7, 11) is 0. The van der Waals surface area contributed by atoms with Crippen LogP contribution < -0.4 is 5.56 Å². The molecule has 0 fully saturated rings. The molecule has 2 heterocycles. The quantitative estimate of drug-likeness (QED) is 0.306. The summed E-state index contributed by atoms with van der Waals surface area (Å²) in [5, 5.41) is 5.19. The molecule has 0 atom stereocenters. The molecule has 32 heavy (non-hydrogen) atoms. The highest BCUT2D eigenvalue weighted by Crippen LogP contribution is 2.22. The summed E-state index contributed by atoms with van der Waals surface area (Å²) in [6, 6.07) is 16.0. The van der Waals surface area contributed by atoms with Gasteiger partial charge >= 0.3 is 0 Å². The lowest BCUT2D eigenvalue weighted by molar-refractivity contribution is 0.675. The van der Waals surface area contributed by atoms with E-state index in [1.165, 1.54) is 10.2 Å². The third kappa shape index (κ3) is 4.19. The minimum atomic E-state index is -0.147. The minimum Gasteiger partial charge on any atom is -0.318 e. The lowest BCUT2D eigenvalue weighted by Gasteiger charge is -2.12. The number of para-hydroxylation sites is 1. The summed E-state index contributed by atoms with van der Waals surface area (Å²) in [4.78, 5) is 18.0. The molecule has 0 aliphatic carbocycles. The van der Waals surface area contributed by atoms with Crippen LogP contribution in [0.25, 0.3) is 16.6 Å². The van der Waals surface area contributed by atoms with E-state index in [1.54, 1.807) is 6.21 Å². The molecule has 0 aliphatic rings. The van der Waals surface area contributed by atoms with Crippen LogP contribution in [-0.4, -0.2) is 20.4 Å². The molecule has 0 spiro atoms. The number of nitrogens with zero attached hydrogens (tertiary/aromatic N) is 4. The molecule has 0 saturated carbocycles. The molecule has 4 aromatic rings. The van der Waals surface area contributed by atoms with Crippen LogP contribution in [0.15, 0.2) is 62.9 Å². The van der Waals surface area contributed by atoms with Crippen LogP contribution in [0.3, 0.4) is 0 Å². The number of hydrogen-bond donors (Lipinski definition) is 0. The number of benzene rings is 2.